The summed E-state index contributed by atoms with van der Waals surface area (Å²) in [6.07, 6.45) is 8.06. The summed E-state index contributed by atoms with van der Waals surface area (Å²) in [5, 5.41) is 12.7. The number of benzene rings is 1. The molecule has 1 aromatic rings. The number of piperidine rings is 1. The minimum Gasteiger partial charge on any atom is -0.396 e. The number of aliphatic hydroxyl groups excluding tert-OH is 1. The van der Waals surface area contributed by atoms with Crippen molar-refractivity contribution < 1.29 is 18.3 Å². The fourth-order valence-corrected chi connectivity index (χ4v) is 5.61. The molecule has 27 heavy (non-hydrogen) atoms. The van der Waals surface area contributed by atoms with Crippen LogP contribution in [0.15, 0.2) is 29.2 Å². The van der Waals surface area contributed by atoms with Crippen LogP contribution >= 0.6 is 0 Å². The van der Waals surface area contributed by atoms with Gasteiger partial charge < -0.3 is 10.4 Å². The van der Waals surface area contributed by atoms with E-state index in [4.69, 9.17) is 0 Å². The number of nitrogens with one attached hydrogen (secondary N) is 1. The van der Waals surface area contributed by atoms with E-state index in [2.05, 4.69) is 5.32 Å². The molecule has 1 amide bonds. The van der Waals surface area contributed by atoms with Crippen LogP contribution in [0.3, 0.4) is 0 Å². The number of amides is 1. The molecule has 6 nitrogen and oxygen atoms in total. The largest absolute Gasteiger partial charge is 0.396 e. The first-order chi connectivity index (χ1) is 13.0. The molecule has 2 aliphatic rings. The van der Waals surface area contributed by atoms with Crippen LogP contribution in [0.5, 0.6) is 0 Å². The van der Waals surface area contributed by atoms with Crippen LogP contribution in [0, 0.1) is 5.41 Å². The predicted octanol–water partition coefficient (Wildman–Crippen LogP) is 2.53. The molecule has 1 aromatic carbocycles. The molecule has 2 fully saturated rings. The summed E-state index contributed by atoms with van der Waals surface area (Å²) in [6.45, 7) is 1.66. The third-order valence-electron chi connectivity index (χ3n) is 5.94. The topological polar surface area (TPSA) is 86.7 Å². The second kappa shape index (κ2) is 8.71. The molecule has 1 heterocycles. The SMILES string of the molecule is O=C(NCC1(CO)CCCCC1)c1ccc(S(=O)(=O)N2CCCCC2)cc1. The molecule has 0 bridgehead atoms. The van der Waals surface area contributed by atoms with E-state index in [1.54, 1.807) is 12.1 Å². The molecule has 0 radical (unpaired) electrons. The minimum absolute atomic E-state index is 0.0836. The maximum absolute atomic E-state index is 12.7. The Balaban J connectivity index is 1.63. The molecule has 1 saturated carbocycles. The fraction of sp³-hybridized carbons (Fsp3) is 0.650. The van der Waals surface area contributed by atoms with Crippen LogP contribution in [0.1, 0.15) is 61.7 Å². The van der Waals surface area contributed by atoms with Gasteiger partial charge in [0.2, 0.25) is 10.0 Å². The second-order valence-corrected chi connectivity index (χ2v) is 9.83. The Hall–Kier alpha value is -1.44. The average molecular weight is 395 g/mol. The summed E-state index contributed by atoms with van der Waals surface area (Å²) >= 11 is 0. The Bertz CT molecular complexity index is 734. The molecular formula is C20H30N2O4S. The molecule has 0 atom stereocenters. The minimum atomic E-state index is -3.48. The van der Waals surface area contributed by atoms with Gasteiger partial charge in [-0.25, -0.2) is 8.42 Å². The lowest BCUT2D eigenvalue weighted by Crippen LogP contribution is -2.41. The Morgan fingerprint density at radius 2 is 1.59 bits per heavy atom. The van der Waals surface area contributed by atoms with Crippen molar-refractivity contribution >= 4 is 15.9 Å². The second-order valence-electron chi connectivity index (χ2n) is 7.89. The number of sulfonamides is 1. The van der Waals surface area contributed by atoms with E-state index in [9.17, 15) is 18.3 Å². The van der Waals surface area contributed by atoms with Crippen molar-refractivity contribution in [2.45, 2.75) is 56.3 Å². The Morgan fingerprint density at radius 3 is 2.19 bits per heavy atom. The zero-order valence-electron chi connectivity index (χ0n) is 15.8. The van der Waals surface area contributed by atoms with E-state index >= 15 is 0 Å². The van der Waals surface area contributed by atoms with Gasteiger partial charge in [-0.15, -0.1) is 0 Å². The monoisotopic (exact) mass is 394 g/mol. The molecule has 0 unspecified atom stereocenters. The lowest BCUT2D eigenvalue weighted by molar-refractivity contribution is 0.0718. The highest BCUT2D eigenvalue weighted by Gasteiger charge is 2.32. The van der Waals surface area contributed by atoms with Crippen molar-refractivity contribution in [2.24, 2.45) is 5.41 Å². The van der Waals surface area contributed by atoms with Gasteiger partial charge in [0.1, 0.15) is 0 Å². The van der Waals surface area contributed by atoms with Crippen molar-refractivity contribution in [2.75, 3.05) is 26.2 Å². The highest BCUT2D eigenvalue weighted by atomic mass is 32.2. The summed E-state index contributed by atoms with van der Waals surface area (Å²) in [4.78, 5) is 12.7. The summed E-state index contributed by atoms with van der Waals surface area (Å²) in [7, 11) is -3.48. The van der Waals surface area contributed by atoms with Crippen molar-refractivity contribution in [1.29, 1.82) is 0 Å². The Morgan fingerprint density at radius 1 is 1.00 bits per heavy atom. The van der Waals surface area contributed by atoms with Gasteiger partial charge >= 0.3 is 0 Å². The molecule has 1 saturated heterocycles. The van der Waals surface area contributed by atoms with Crippen molar-refractivity contribution in [3.05, 3.63) is 29.8 Å². The van der Waals surface area contributed by atoms with E-state index in [-0.39, 0.29) is 22.8 Å². The molecule has 7 heteroatoms. The first-order valence-corrected chi connectivity index (χ1v) is 11.4. The smallest absolute Gasteiger partial charge is 0.251 e. The molecule has 3 rings (SSSR count). The van der Waals surface area contributed by atoms with E-state index < -0.39 is 10.0 Å². The molecule has 2 N–H and O–H groups in total. The normalized spacial score (nSPS) is 20.9. The standard InChI is InChI=1S/C20H30N2O4S/c23-16-20(11-3-1-4-12-20)15-21-19(24)17-7-9-18(10-8-17)27(25,26)22-13-5-2-6-14-22/h7-10,23H,1-6,11-16H2,(H,21,24). The molecule has 1 aliphatic heterocycles. The van der Waals surface area contributed by atoms with E-state index in [0.717, 1.165) is 44.9 Å². The van der Waals surface area contributed by atoms with Gasteiger partial charge in [-0.3, -0.25) is 4.79 Å². The van der Waals surface area contributed by atoms with Gasteiger partial charge in [0.25, 0.3) is 5.91 Å². The summed E-state index contributed by atoms with van der Waals surface area (Å²) in [5.41, 5.74) is 0.224. The predicted molar refractivity (Wildman–Crippen MR) is 104 cm³/mol. The highest BCUT2D eigenvalue weighted by molar-refractivity contribution is 7.89. The maximum atomic E-state index is 12.7. The van der Waals surface area contributed by atoms with Gasteiger partial charge in [0, 0.05) is 30.6 Å². The number of aliphatic hydroxyl groups is 1. The number of rotatable bonds is 6. The van der Waals surface area contributed by atoms with Crippen LogP contribution in [-0.2, 0) is 10.0 Å². The lowest BCUT2D eigenvalue weighted by atomic mass is 9.74. The van der Waals surface area contributed by atoms with E-state index in [0.29, 0.717) is 25.2 Å². The lowest BCUT2D eigenvalue weighted by Gasteiger charge is -2.35. The maximum Gasteiger partial charge on any atom is 0.251 e. The first-order valence-electron chi connectivity index (χ1n) is 9.96. The Labute approximate surface area is 162 Å². The molecule has 150 valence electrons. The molecular weight excluding hydrogens is 364 g/mol. The molecule has 0 aromatic heterocycles. The van der Waals surface area contributed by atoms with E-state index in [1.165, 1.54) is 22.9 Å². The summed E-state index contributed by atoms with van der Waals surface area (Å²) < 4.78 is 26.9. The molecule has 1 aliphatic carbocycles. The fourth-order valence-electron chi connectivity index (χ4n) is 4.10. The van der Waals surface area contributed by atoms with Crippen molar-refractivity contribution in [3.63, 3.8) is 0 Å². The van der Waals surface area contributed by atoms with Crippen LogP contribution in [-0.4, -0.2) is 50.0 Å². The zero-order valence-corrected chi connectivity index (χ0v) is 16.6. The number of hydrogen-bond donors (Lipinski definition) is 2. The van der Waals surface area contributed by atoms with Gasteiger partial charge in [-0.05, 0) is 49.9 Å². The van der Waals surface area contributed by atoms with Crippen molar-refractivity contribution in [3.8, 4) is 0 Å². The van der Waals surface area contributed by atoms with Gasteiger partial charge in [0.15, 0.2) is 0 Å². The van der Waals surface area contributed by atoms with Gasteiger partial charge in [-0.1, -0.05) is 25.7 Å². The average Bonchev–Trinajstić information content (AvgIpc) is 2.73. The third-order valence-corrected chi connectivity index (χ3v) is 7.86. The Kier molecular flexibility index (Phi) is 6.55. The number of nitrogens with zero attached hydrogens (tertiary/aromatic N) is 1. The summed E-state index contributed by atoms with van der Waals surface area (Å²) in [5.74, 6) is -0.227. The first kappa shape index (κ1) is 20.3. The number of carbonyl (C=O) groups excluding carboxylic acids is 1. The van der Waals surface area contributed by atoms with Crippen LogP contribution in [0.25, 0.3) is 0 Å². The number of carbonyl (C=O) groups is 1. The van der Waals surface area contributed by atoms with E-state index in [1.807, 2.05) is 0 Å². The van der Waals surface area contributed by atoms with Gasteiger partial charge in [-0.2, -0.15) is 4.31 Å². The van der Waals surface area contributed by atoms with Crippen LogP contribution < -0.4 is 5.32 Å². The van der Waals surface area contributed by atoms with Crippen molar-refractivity contribution in [1.82, 2.24) is 9.62 Å². The number of hydrogen-bond acceptors (Lipinski definition) is 4. The molecule has 0 spiro atoms. The van der Waals surface area contributed by atoms with Crippen LogP contribution in [0.2, 0.25) is 0 Å². The highest BCUT2D eigenvalue weighted by Crippen LogP contribution is 2.35. The van der Waals surface area contributed by atoms with Crippen LogP contribution in [0.4, 0.5) is 0 Å². The third kappa shape index (κ3) is 4.70. The quantitative estimate of drug-likeness (QED) is 0.776. The zero-order chi connectivity index (χ0) is 19.3. The van der Waals surface area contributed by atoms with Gasteiger partial charge in [0.05, 0.1) is 11.5 Å². The summed E-state index contributed by atoms with van der Waals surface area (Å²) in [6, 6.07) is 6.17.